The van der Waals surface area contributed by atoms with Crippen molar-refractivity contribution in [1.29, 1.82) is 0 Å². The molecule has 10 heteroatoms. The number of nitrogens with one attached hydrogen (secondary N) is 1. The lowest BCUT2D eigenvalue weighted by Crippen LogP contribution is -2.51. The number of anilines is 1. The summed E-state index contributed by atoms with van der Waals surface area (Å²) < 4.78 is 28.3. The van der Waals surface area contributed by atoms with E-state index in [2.05, 4.69) is 5.32 Å². The monoisotopic (exact) mass is 547 g/mol. The largest absolute Gasteiger partial charge is 0.357 e. The Balaban J connectivity index is 2.03. The molecule has 0 aliphatic heterocycles. The summed E-state index contributed by atoms with van der Waals surface area (Å²) in [4.78, 5) is 27.9. The minimum absolute atomic E-state index is 0.0374. The van der Waals surface area contributed by atoms with Gasteiger partial charge >= 0.3 is 0 Å². The van der Waals surface area contributed by atoms with Gasteiger partial charge in [-0.3, -0.25) is 13.9 Å². The number of para-hydroxylation sites is 1. The molecule has 0 aliphatic carbocycles. The van der Waals surface area contributed by atoms with Crippen molar-refractivity contribution in [2.45, 2.75) is 30.8 Å². The van der Waals surface area contributed by atoms with Crippen molar-refractivity contribution in [3.63, 3.8) is 0 Å². The zero-order chi connectivity index (χ0) is 26.3. The third-order valence-electron chi connectivity index (χ3n) is 5.62. The molecule has 3 aromatic rings. The van der Waals surface area contributed by atoms with Gasteiger partial charge in [-0.2, -0.15) is 0 Å². The van der Waals surface area contributed by atoms with E-state index in [-0.39, 0.29) is 17.3 Å². The first-order chi connectivity index (χ1) is 17.2. The second kappa shape index (κ2) is 12.3. The first kappa shape index (κ1) is 27.5. The SMILES string of the molecule is CC[C@H](C(=O)NC)N(Cc1ccc(Cl)c(Cl)c1)C(=O)CN(c1ccccc1)S(=O)(=O)c1ccccc1. The van der Waals surface area contributed by atoms with Gasteiger partial charge in [0.05, 0.1) is 20.6 Å². The number of benzene rings is 3. The van der Waals surface area contributed by atoms with Crippen LogP contribution in [0, 0.1) is 0 Å². The molecule has 0 bridgehead atoms. The topological polar surface area (TPSA) is 86.8 Å². The predicted octanol–water partition coefficient (Wildman–Crippen LogP) is 4.74. The van der Waals surface area contributed by atoms with E-state index in [1.165, 1.54) is 24.1 Å². The molecule has 1 N–H and O–H groups in total. The molecule has 0 aliphatic rings. The molecular formula is C26H27Cl2N3O4S. The number of carbonyl (C=O) groups is 2. The van der Waals surface area contributed by atoms with E-state index < -0.39 is 28.5 Å². The fourth-order valence-corrected chi connectivity index (χ4v) is 5.52. The van der Waals surface area contributed by atoms with Gasteiger partial charge in [-0.25, -0.2) is 8.42 Å². The number of hydrogen-bond donors (Lipinski definition) is 1. The van der Waals surface area contributed by atoms with Crippen LogP contribution in [-0.4, -0.2) is 44.8 Å². The highest BCUT2D eigenvalue weighted by atomic mass is 35.5. The quantitative estimate of drug-likeness (QED) is 0.397. The Kier molecular flexibility index (Phi) is 9.37. The van der Waals surface area contributed by atoms with Gasteiger partial charge in [0, 0.05) is 13.6 Å². The van der Waals surface area contributed by atoms with Crippen LogP contribution in [0.25, 0.3) is 0 Å². The first-order valence-electron chi connectivity index (χ1n) is 11.3. The summed E-state index contributed by atoms with van der Waals surface area (Å²) >= 11 is 12.2. The lowest BCUT2D eigenvalue weighted by molar-refractivity contribution is -0.140. The zero-order valence-electron chi connectivity index (χ0n) is 19.9. The summed E-state index contributed by atoms with van der Waals surface area (Å²) in [6.07, 6.45) is 0.323. The molecule has 1 atom stereocenters. The van der Waals surface area contributed by atoms with Gasteiger partial charge in [0.2, 0.25) is 11.8 Å². The normalized spacial score (nSPS) is 12.0. The molecule has 0 aromatic heterocycles. The fraction of sp³-hybridized carbons (Fsp3) is 0.231. The van der Waals surface area contributed by atoms with Crippen LogP contribution in [0.5, 0.6) is 0 Å². The third kappa shape index (κ3) is 6.37. The van der Waals surface area contributed by atoms with Crippen LogP contribution in [0.4, 0.5) is 5.69 Å². The van der Waals surface area contributed by atoms with Crippen LogP contribution in [0.15, 0.2) is 83.8 Å². The maximum absolute atomic E-state index is 13.8. The van der Waals surface area contributed by atoms with Crippen molar-refractivity contribution >= 4 is 50.7 Å². The van der Waals surface area contributed by atoms with Crippen molar-refractivity contribution < 1.29 is 18.0 Å². The van der Waals surface area contributed by atoms with E-state index in [0.29, 0.717) is 27.7 Å². The van der Waals surface area contributed by atoms with Crippen LogP contribution < -0.4 is 9.62 Å². The molecule has 3 rings (SSSR count). The summed E-state index contributed by atoms with van der Waals surface area (Å²) in [5.41, 5.74) is 0.981. The highest BCUT2D eigenvalue weighted by Crippen LogP contribution is 2.26. The molecule has 190 valence electrons. The minimum Gasteiger partial charge on any atom is -0.357 e. The lowest BCUT2D eigenvalue weighted by Gasteiger charge is -2.33. The molecule has 3 aromatic carbocycles. The predicted molar refractivity (Wildman–Crippen MR) is 143 cm³/mol. The van der Waals surface area contributed by atoms with Crippen molar-refractivity contribution in [2.75, 3.05) is 17.9 Å². The maximum atomic E-state index is 13.8. The third-order valence-corrected chi connectivity index (χ3v) is 8.15. The fourth-order valence-electron chi connectivity index (χ4n) is 3.76. The highest BCUT2D eigenvalue weighted by molar-refractivity contribution is 7.92. The van der Waals surface area contributed by atoms with E-state index in [4.69, 9.17) is 23.2 Å². The van der Waals surface area contributed by atoms with Crippen LogP contribution >= 0.6 is 23.2 Å². The highest BCUT2D eigenvalue weighted by Gasteiger charge is 2.33. The van der Waals surface area contributed by atoms with Crippen LogP contribution in [0.2, 0.25) is 10.0 Å². The van der Waals surface area contributed by atoms with E-state index in [9.17, 15) is 18.0 Å². The minimum atomic E-state index is -4.08. The molecule has 0 unspecified atom stereocenters. The van der Waals surface area contributed by atoms with Gasteiger partial charge < -0.3 is 10.2 Å². The molecule has 7 nitrogen and oxygen atoms in total. The standard InChI is InChI=1S/C26H27Cl2N3O4S/c1-3-24(26(33)29-2)30(17-19-14-15-22(27)23(28)16-19)25(32)18-31(20-10-6-4-7-11-20)36(34,35)21-12-8-5-9-13-21/h4-16,24H,3,17-18H2,1-2H3,(H,29,33)/t24-/m1/s1. The second-order valence-corrected chi connectivity index (χ2v) is 10.6. The Labute approximate surface area is 221 Å². The Morgan fingerprint density at radius 2 is 1.53 bits per heavy atom. The molecule has 0 heterocycles. The Morgan fingerprint density at radius 3 is 2.08 bits per heavy atom. The molecule has 0 spiro atoms. The summed E-state index contributed by atoms with van der Waals surface area (Å²) in [5.74, 6) is -0.900. The molecule has 0 radical (unpaired) electrons. The van der Waals surface area contributed by atoms with E-state index in [1.54, 1.807) is 73.7 Å². The molecule has 36 heavy (non-hydrogen) atoms. The van der Waals surface area contributed by atoms with E-state index in [1.807, 2.05) is 0 Å². The number of amides is 2. The second-order valence-electron chi connectivity index (χ2n) is 7.97. The van der Waals surface area contributed by atoms with Crippen LogP contribution in [0.1, 0.15) is 18.9 Å². The molecule has 0 saturated carbocycles. The summed E-state index contributed by atoms with van der Waals surface area (Å²) in [7, 11) is -2.59. The van der Waals surface area contributed by atoms with Gasteiger partial charge in [-0.15, -0.1) is 0 Å². The average molecular weight is 548 g/mol. The molecule has 2 amide bonds. The molecule has 0 fully saturated rings. The Morgan fingerprint density at radius 1 is 0.917 bits per heavy atom. The number of rotatable bonds is 10. The number of hydrogen-bond acceptors (Lipinski definition) is 4. The van der Waals surface area contributed by atoms with Crippen LogP contribution in [0.3, 0.4) is 0 Å². The first-order valence-corrected chi connectivity index (χ1v) is 13.5. The number of likely N-dealkylation sites (N-methyl/N-ethyl adjacent to an activating group) is 1. The van der Waals surface area contributed by atoms with E-state index >= 15 is 0 Å². The molecular weight excluding hydrogens is 521 g/mol. The number of carbonyl (C=O) groups excluding carboxylic acids is 2. The Bertz CT molecular complexity index is 1310. The number of sulfonamides is 1. The van der Waals surface area contributed by atoms with Gasteiger partial charge in [-0.05, 0) is 48.4 Å². The summed E-state index contributed by atoms with van der Waals surface area (Å²) in [5, 5.41) is 3.26. The molecule has 0 saturated heterocycles. The van der Waals surface area contributed by atoms with Crippen LogP contribution in [-0.2, 0) is 26.2 Å². The summed E-state index contributed by atoms with van der Waals surface area (Å²) in [6, 6.07) is 20.4. The average Bonchev–Trinajstić information content (AvgIpc) is 2.89. The van der Waals surface area contributed by atoms with Gasteiger partial charge in [0.1, 0.15) is 12.6 Å². The van der Waals surface area contributed by atoms with Gasteiger partial charge in [-0.1, -0.05) is 72.6 Å². The van der Waals surface area contributed by atoms with Crippen molar-refractivity contribution in [2.24, 2.45) is 0 Å². The lowest BCUT2D eigenvalue weighted by atomic mass is 10.1. The van der Waals surface area contributed by atoms with Crippen molar-refractivity contribution in [3.05, 3.63) is 94.5 Å². The smallest absolute Gasteiger partial charge is 0.264 e. The maximum Gasteiger partial charge on any atom is 0.264 e. The van der Waals surface area contributed by atoms with Crippen molar-refractivity contribution in [3.8, 4) is 0 Å². The van der Waals surface area contributed by atoms with Gasteiger partial charge in [0.15, 0.2) is 0 Å². The number of halogens is 2. The number of nitrogens with zero attached hydrogens (tertiary/aromatic N) is 2. The van der Waals surface area contributed by atoms with Crippen molar-refractivity contribution in [1.82, 2.24) is 10.2 Å². The zero-order valence-corrected chi connectivity index (χ0v) is 22.2. The van der Waals surface area contributed by atoms with E-state index in [0.717, 1.165) is 4.31 Å². The Hall–Kier alpha value is -3.07. The summed E-state index contributed by atoms with van der Waals surface area (Å²) in [6.45, 7) is 1.32. The van der Waals surface area contributed by atoms with Gasteiger partial charge in [0.25, 0.3) is 10.0 Å².